The van der Waals surface area contributed by atoms with Crippen molar-refractivity contribution in [3.8, 4) is 23.1 Å². The topological polar surface area (TPSA) is 74.6 Å². The third kappa shape index (κ3) is 4.13. The summed E-state index contributed by atoms with van der Waals surface area (Å²) in [5, 5.41) is 6.28. The smallest absolute Gasteiger partial charge is 0.435 e. The monoisotopic (exact) mass is 439 g/mol. The number of ether oxygens (including phenoxy) is 3. The molecular formula is C19H13ClF3N3O4. The Labute approximate surface area is 172 Å². The standard InChI is InChI=1S/C19H13ClF3N3O4/c20-12-3-1-2-4-13(12)26-18(8-16(25-26)19(21,22)23)28-9-17(27)24-11-5-6-14-15(7-11)30-10-29-14/h1-8H,9-10H2,(H,24,27). The van der Waals surface area contributed by atoms with Crippen molar-refractivity contribution < 1.29 is 32.2 Å². The number of carbonyl (C=O) groups excluding carboxylic acids is 1. The van der Waals surface area contributed by atoms with E-state index in [2.05, 4.69) is 10.4 Å². The molecule has 0 bridgehead atoms. The summed E-state index contributed by atoms with van der Waals surface area (Å²) in [5.74, 6) is 0.151. The molecule has 0 aliphatic carbocycles. The Kier molecular flexibility index (Phi) is 5.17. The number of hydrogen-bond acceptors (Lipinski definition) is 5. The molecule has 0 spiro atoms. The highest BCUT2D eigenvalue weighted by Crippen LogP contribution is 2.35. The Balaban J connectivity index is 1.51. The summed E-state index contributed by atoms with van der Waals surface area (Å²) in [5.41, 5.74) is -0.571. The Morgan fingerprint density at radius 1 is 1.17 bits per heavy atom. The van der Waals surface area contributed by atoms with E-state index >= 15 is 0 Å². The molecule has 0 saturated carbocycles. The summed E-state index contributed by atoms with van der Waals surface area (Å²) in [6.07, 6.45) is -4.70. The van der Waals surface area contributed by atoms with Crippen LogP contribution in [-0.4, -0.2) is 29.1 Å². The first-order valence-corrected chi connectivity index (χ1v) is 8.93. The van der Waals surface area contributed by atoms with E-state index in [-0.39, 0.29) is 23.4 Å². The maximum atomic E-state index is 13.1. The molecule has 2 aromatic carbocycles. The van der Waals surface area contributed by atoms with Crippen LogP contribution in [0.5, 0.6) is 17.4 Å². The summed E-state index contributed by atoms with van der Waals surface area (Å²) in [6.45, 7) is -0.467. The second-order valence-electron chi connectivity index (χ2n) is 6.13. The first-order chi connectivity index (χ1) is 14.3. The van der Waals surface area contributed by atoms with Crippen LogP contribution in [0.4, 0.5) is 18.9 Å². The number of rotatable bonds is 5. The lowest BCUT2D eigenvalue weighted by Crippen LogP contribution is -2.21. The van der Waals surface area contributed by atoms with Gasteiger partial charge in [-0.05, 0) is 24.3 Å². The van der Waals surface area contributed by atoms with Crippen molar-refractivity contribution in [2.24, 2.45) is 0 Å². The van der Waals surface area contributed by atoms with E-state index in [1.807, 2.05) is 0 Å². The minimum absolute atomic E-state index is 0.0867. The fraction of sp³-hybridized carbons (Fsp3) is 0.158. The molecule has 1 N–H and O–H groups in total. The number of aromatic nitrogens is 2. The highest BCUT2D eigenvalue weighted by molar-refractivity contribution is 6.32. The number of hydrogen-bond donors (Lipinski definition) is 1. The molecule has 2 heterocycles. The predicted molar refractivity (Wildman–Crippen MR) is 100 cm³/mol. The maximum absolute atomic E-state index is 13.1. The van der Waals surface area contributed by atoms with Crippen molar-refractivity contribution >= 4 is 23.2 Å². The maximum Gasteiger partial charge on any atom is 0.435 e. The highest BCUT2D eigenvalue weighted by Gasteiger charge is 2.36. The van der Waals surface area contributed by atoms with Gasteiger partial charge in [0.05, 0.1) is 10.7 Å². The van der Waals surface area contributed by atoms with Gasteiger partial charge in [-0.3, -0.25) is 4.79 Å². The number of carbonyl (C=O) groups is 1. The van der Waals surface area contributed by atoms with Gasteiger partial charge in [0, 0.05) is 17.8 Å². The molecule has 0 unspecified atom stereocenters. The quantitative estimate of drug-likeness (QED) is 0.642. The van der Waals surface area contributed by atoms with Gasteiger partial charge in [0.1, 0.15) is 0 Å². The first kappa shape index (κ1) is 19.9. The lowest BCUT2D eigenvalue weighted by atomic mass is 10.3. The van der Waals surface area contributed by atoms with Crippen LogP contribution in [0.2, 0.25) is 5.02 Å². The van der Waals surface area contributed by atoms with Gasteiger partial charge in [0.25, 0.3) is 5.91 Å². The predicted octanol–water partition coefficient (Wildman–Crippen LogP) is 4.29. The van der Waals surface area contributed by atoms with Crippen LogP contribution in [0.1, 0.15) is 5.69 Å². The van der Waals surface area contributed by atoms with E-state index in [9.17, 15) is 18.0 Å². The van der Waals surface area contributed by atoms with Crippen molar-refractivity contribution in [1.82, 2.24) is 9.78 Å². The van der Waals surface area contributed by atoms with Crippen molar-refractivity contribution in [2.75, 3.05) is 18.7 Å². The largest absolute Gasteiger partial charge is 0.467 e. The summed E-state index contributed by atoms with van der Waals surface area (Å²) in [6, 6.07) is 11.7. The number of amides is 1. The third-order valence-electron chi connectivity index (χ3n) is 4.06. The number of benzene rings is 2. The third-order valence-corrected chi connectivity index (χ3v) is 4.37. The van der Waals surface area contributed by atoms with Gasteiger partial charge in [-0.25, -0.2) is 0 Å². The minimum Gasteiger partial charge on any atom is -0.467 e. The molecule has 11 heteroatoms. The van der Waals surface area contributed by atoms with Crippen LogP contribution in [-0.2, 0) is 11.0 Å². The Hall–Kier alpha value is -3.40. The molecule has 1 amide bonds. The number of nitrogens with one attached hydrogen (secondary N) is 1. The molecule has 0 fully saturated rings. The molecule has 0 saturated heterocycles. The fourth-order valence-electron chi connectivity index (χ4n) is 2.71. The summed E-state index contributed by atoms with van der Waals surface area (Å²) in [4.78, 5) is 12.2. The van der Waals surface area contributed by atoms with Crippen molar-refractivity contribution in [1.29, 1.82) is 0 Å². The second-order valence-corrected chi connectivity index (χ2v) is 6.54. The van der Waals surface area contributed by atoms with Gasteiger partial charge >= 0.3 is 6.18 Å². The number of fused-ring (bicyclic) bond motifs is 1. The van der Waals surface area contributed by atoms with Gasteiger partial charge in [0.2, 0.25) is 12.7 Å². The van der Waals surface area contributed by atoms with Crippen LogP contribution in [0.15, 0.2) is 48.5 Å². The van der Waals surface area contributed by atoms with Crippen LogP contribution in [0.25, 0.3) is 5.69 Å². The molecule has 30 heavy (non-hydrogen) atoms. The molecular weight excluding hydrogens is 427 g/mol. The van der Waals surface area contributed by atoms with E-state index in [1.165, 1.54) is 12.1 Å². The van der Waals surface area contributed by atoms with Gasteiger partial charge in [0.15, 0.2) is 23.8 Å². The second kappa shape index (κ2) is 7.79. The molecule has 1 aliphatic heterocycles. The van der Waals surface area contributed by atoms with Crippen molar-refractivity contribution in [3.05, 3.63) is 59.2 Å². The Bertz CT molecular complexity index is 1100. The average molecular weight is 440 g/mol. The van der Waals surface area contributed by atoms with Gasteiger partial charge in [-0.2, -0.15) is 23.0 Å². The van der Waals surface area contributed by atoms with Crippen LogP contribution in [0, 0.1) is 0 Å². The van der Waals surface area contributed by atoms with E-state index in [4.69, 9.17) is 25.8 Å². The van der Waals surface area contributed by atoms with Gasteiger partial charge in [-0.15, -0.1) is 0 Å². The Morgan fingerprint density at radius 3 is 2.70 bits per heavy atom. The van der Waals surface area contributed by atoms with Crippen molar-refractivity contribution in [2.45, 2.75) is 6.18 Å². The molecule has 1 aliphatic rings. The molecule has 0 atom stereocenters. The van der Waals surface area contributed by atoms with Crippen LogP contribution in [0.3, 0.4) is 0 Å². The zero-order valence-electron chi connectivity index (χ0n) is 15.1. The van der Waals surface area contributed by atoms with Crippen LogP contribution >= 0.6 is 11.6 Å². The van der Waals surface area contributed by atoms with Gasteiger partial charge < -0.3 is 19.5 Å². The fourth-order valence-corrected chi connectivity index (χ4v) is 2.93. The molecule has 1 aromatic heterocycles. The summed E-state index contributed by atoms with van der Waals surface area (Å²) >= 11 is 6.07. The van der Waals surface area contributed by atoms with E-state index in [0.29, 0.717) is 23.3 Å². The number of nitrogens with zero attached hydrogens (tertiary/aromatic N) is 2. The number of para-hydroxylation sites is 1. The molecule has 3 aromatic rings. The Morgan fingerprint density at radius 2 is 1.93 bits per heavy atom. The highest BCUT2D eigenvalue weighted by atomic mass is 35.5. The molecule has 4 rings (SSSR count). The normalized spacial score (nSPS) is 12.7. The molecule has 7 nitrogen and oxygen atoms in total. The zero-order chi connectivity index (χ0) is 21.3. The first-order valence-electron chi connectivity index (χ1n) is 8.56. The summed E-state index contributed by atoms with van der Waals surface area (Å²) < 4.78 is 56.0. The lowest BCUT2D eigenvalue weighted by Gasteiger charge is -2.11. The molecule has 0 radical (unpaired) electrons. The average Bonchev–Trinajstić information content (AvgIpc) is 3.33. The SMILES string of the molecule is O=C(COc1cc(C(F)(F)F)nn1-c1ccccc1Cl)Nc1ccc2c(c1)OCO2. The summed E-state index contributed by atoms with van der Waals surface area (Å²) in [7, 11) is 0. The number of halogens is 4. The van der Waals surface area contributed by atoms with Crippen LogP contribution < -0.4 is 19.5 Å². The minimum atomic E-state index is -4.70. The van der Waals surface area contributed by atoms with E-state index in [0.717, 1.165) is 4.68 Å². The number of alkyl halides is 3. The van der Waals surface area contributed by atoms with E-state index in [1.54, 1.807) is 30.3 Å². The van der Waals surface area contributed by atoms with Gasteiger partial charge in [-0.1, -0.05) is 23.7 Å². The van der Waals surface area contributed by atoms with E-state index < -0.39 is 24.4 Å². The molecule has 156 valence electrons. The van der Waals surface area contributed by atoms with Crippen molar-refractivity contribution in [3.63, 3.8) is 0 Å². The lowest BCUT2D eigenvalue weighted by molar-refractivity contribution is -0.141. The number of anilines is 1. The zero-order valence-corrected chi connectivity index (χ0v) is 15.8.